The zero-order valence-corrected chi connectivity index (χ0v) is 18.0. The fraction of sp³-hybridized carbons (Fsp3) is 0.375. The second-order valence-corrected chi connectivity index (χ2v) is 8.21. The first-order valence-electron chi connectivity index (χ1n) is 10.8. The number of aliphatic carboxylic acids is 1. The molecule has 0 spiro atoms. The van der Waals surface area contributed by atoms with E-state index in [2.05, 4.69) is 10.6 Å². The molecule has 1 fully saturated rings. The zero-order valence-electron chi connectivity index (χ0n) is 18.0. The molecular weight excluding hydrogens is 428 g/mol. The van der Waals surface area contributed by atoms with Crippen LogP contribution in [0.5, 0.6) is 0 Å². The van der Waals surface area contributed by atoms with E-state index in [1.165, 1.54) is 0 Å². The van der Waals surface area contributed by atoms with Gasteiger partial charge in [0.2, 0.25) is 5.91 Å². The normalized spacial score (nSPS) is 17.4. The molecule has 4 rings (SSSR count). The Morgan fingerprint density at radius 2 is 1.61 bits per heavy atom. The predicted molar refractivity (Wildman–Crippen MR) is 118 cm³/mol. The van der Waals surface area contributed by atoms with Gasteiger partial charge in [-0.05, 0) is 22.3 Å². The Morgan fingerprint density at radius 1 is 1.03 bits per heavy atom. The van der Waals surface area contributed by atoms with E-state index in [9.17, 15) is 19.5 Å². The van der Waals surface area contributed by atoms with Gasteiger partial charge in [-0.2, -0.15) is 0 Å². The first kappa shape index (κ1) is 22.8. The van der Waals surface area contributed by atoms with Crippen LogP contribution >= 0.6 is 0 Å². The molecule has 0 bridgehead atoms. The van der Waals surface area contributed by atoms with Crippen LogP contribution in [0.1, 0.15) is 29.9 Å². The molecule has 9 heteroatoms. The number of aliphatic hydroxyl groups is 1. The molecule has 1 aliphatic carbocycles. The number of carbonyl (C=O) groups excluding carboxylic acids is 2. The van der Waals surface area contributed by atoms with Gasteiger partial charge < -0.3 is 30.3 Å². The highest BCUT2D eigenvalue weighted by Gasteiger charge is 2.42. The van der Waals surface area contributed by atoms with Crippen molar-refractivity contribution in [1.82, 2.24) is 10.6 Å². The van der Waals surface area contributed by atoms with Crippen LogP contribution in [0, 0.1) is 0 Å². The quantitative estimate of drug-likeness (QED) is 0.500. The Labute approximate surface area is 190 Å². The number of hydrogen-bond donors (Lipinski definition) is 4. The van der Waals surface area contributed by atoms with Gasteiger partial charge in [-0.3, -0.25) is 4.79 Å². The van der Waals surface area contributed by atoms with Gasteiger partial charge in [0.15, 0.2) is 6.10 Å². The molecule has 0 aromatic heterocycles. The van der Waals surface area contributed by atoms with Crippen molar-refractivity contribution in [2.45, 2.75) is 30.4 Å². The van der Waals surface area contributed by atoms with Crippen molar-refractivity contribution in [3.05, 3.63) is 59.7 Å². The Kier molecular flexibility index (Phi) is 6.62. The van der Waals surface area contributed by atoms with E-state index in [1.807, 2.05) is 48.5 Å². The zero-order chi connectivity index (χ0) is 23.4. The van der Waals surface area contributed by atoms with E-state index in [0.717, 1.165) is 22.3 Å². The van der Waals surface area contributed by atoms with E-state index in [0.29, 0.717) is 0 Å². The van der Waals surface area contributed by atoms with Crippen LogP contribution < -0.4 is 10.6 Å². The Hall–Kier alpha value is -3.43. The molecule has 2 aliphatic rings. The summed E-state index contributed by atoms with van der Waals surface area (Å²) in [6, 6.07) is 16.0. The molecule has 1 aliphatic heterocycles. The fourth-order valence-corrected chi connectivity index (χ4v) is 4.40. The van der Waals surface area contributed by atoms with Crippen molar-refractivity contribution in [1.29, 1.82) is 0 Å². The third-order valence-corrected chi connectivity index (χ3v) is 6.21. The van der Waals surface area contributed by atoms with Gasteiger partial charge in [-0.15, -0.1) is 0 Å². The van der Waals surface area contributed by atoms with E-state index >= 15 is 0 Å². The number of fused-ring (bicyclic) bond motifs is 3. The minimum Gasteiger partial charge on any atom is -0.479 e. The van der Waals surface area contributed by atoms with Crippen LogP contribution in [0.3, 0.4) is 0 Å². The molecule has 1 atom stereocenters. The minimum absolute atomic E-state index is 0.103. The second kappa shape index (κ2) is 9.60. The number of rotatable bonds is 7. The smallest absolute Gasteiger partial charge is 0.408 e. The lowest BCUT2D eigenvalue weighted by Crippen LogP contribution is -2.62. The molecule has 0 unspecified atom stereocenters. The van der Waals surface area contributed by atoms with Crippen molar-refractivity contribution in [3.8, 4) is 11.1 Å². The minimum atomic E-state index is -1.74. The largest absolute Gasteiger partial charge is 0.479 e. The van der Waals surface area contributed by atoms with Crippen molar-refractivity contribution < 1.29 is 34.1 Å². The maximum Gasteiger partial charge on any atom is 0.408 e. The average molecular weight is 454 g/mol. The van der Waals surface area contributed by atoms with Gasteiger partial charge in [0.05, 0.1) is 6.54 Å². The summed E-state index contributed by atoms with van der Waals surface area (Å²) in [6.07, 6.45) is -2.08. The van der Waals surface area contributed by atoms with Crippen molar-refractivity contribution in [2.75, 3.05) is 26.4 Å². The number of benzene rings is 2. The molecule has 2 aromatic carbocycles. The van der Waals surface area contributed by atoms with Crippen molar-refractivity contribution >= 4 is 18.0 Å². The molecule has 0 radical (unpaired) electrons. The first-order chi connectivity index (χ1) is 15.9. The molecule has 1 heterocycles. The number of hydrogen-bond acceptors (Lipinski definition) is 6. The van der Waals surface area contributed by atoms with Crippen LogP contribution in [0.15, 0.2) is 48.5 Å². The highest BCUT2D eigenvalue weighted by Crippen LogP contribution is 2.44. The van der Waals surface area contributed by atoms with Gasteiger partial charge in [-0.1, -0.05) is 48.5 Å². The number of carbonyl (C=O) groups is 3. The summed E-state index contributed by atoms with van der Waals surface area (Å²) in [4.78, 5) is 36.4. The summed E-state index contributed by atoms with van der Waals surface area (Å²) in [5, 5.41) is 23.4. The third-order valence-electron chi connectivity index (χ3n) is 6.21. The molecule has 174 valence electrons. The Morgan fingerprint density at radius 3 is 2.18 bits per heavy atom. The van der Waals surface area contributed by atoms with E-state index in [4.69, 9.17) is 14.6 Å². The van der Waals surface area contributed by atoms with Crippen LogP contribution in [0.4, 0.5) is 4.79 Å². The molecule has 2 amide bonds. The number of amides is 2. The maximum absolute atomic E-state index is 12.8. The van der Waals surface area contributed by atoms with Crippen molar-refractivity contribution in [2.24, 2.45) is 0 Å². The lowest BCUT2D eigenvalue weighted by atomic mass is 9.89. The van der Waals surface area contributed by atoms with Gasteiger partial charge in [-0.25, -0.2) is 9.59 Å². The highest BCUT2D eigenvalue weighted by atomic mass is 16.5. The van der Waals surface area contributed by atoms with Crippen LogP contribution in [0.2, 0.25) is 0 Å². The summed E-state index contributed by atoms with van der Waals surface area (Å²) >= 11 is 0. The van der Waals surface area contributed by atoms with Crippen molar-refractivity contribution in [3.63, 3.8) is 0 Å². The first-order valence-corrected chi connectivity index (χ1v) is 10.8. The number of nitrogens with one attached hydrogen (secondary N) is 2. The monoisotopic (exact) mass is 454 g/mol. The van der Waals surface area contributed by atoms with Gasteiger partial charge in [0, 0.05) is 32.0 Å². The summed E-state index contributed by atoms with van der Waals surface area (Å²) in [5.74, 6) is -2.14. The summed E-state index contributed by atoms with van der Waals surface area (Å²) in [5.41, 5.74) is 3.07. The van der Waals surface area contributed by atoms with Crippen LogP contribution in [0.25, 0.3) is 11.1 Å². The lowest BCUT2D eigenvalue weighted by molar-refractivity contribution is -0.146. The molecular formula is C24H26N2O7. The molecule has 4 N–H and O–H groups in total. The van der Waals surface area contributed by atoms with Crippen LogP contribution in [-0.2, 0) is 19.1 Å². The average Bonchev–Trinajstić information content (AvgIpc) is 3.15. The number of carboxylic acids is 1. The molecule has 1 saturated heterocycles. The topological polar surface area (TPSA) is 134 Å². The van der Waals surface area contributed by atoms with E-state index in [-0.39, 0.29) is 38.6 Å². The summed E-state index contributed by atoms with van der Waals surface area (Å²) < 4.78 is 10.9. The number of alkyl carbamates (subject to hydrolysis) is 1. The number of carboxylic acid groups (broad SMARTS) is 1. The standard InChI is InChI=1S/C24H26N2O7/c27-20(21(28)29)13-25-22(30)24(9-11-32-12-10-24)26-23(31)33-14-19-17-7-3-1-5-15(17)16-6-2-4-8-18(16)19/h1-8,19-20,27H,9-14H2,(H,25,30)(H,26,31)(H,28,29)/t20-/m0/s1. The lowest BCUT2D eigenvalue weighted by Gasteiger charge is -2.36. The third kappa shape index (κ3) is 4.69. The Balaban J connectivity index is 1.43. The predicted octanol–water partition coefficient (Wildman–Crippen LogP) is 1.64. The van der Waals surface area contributed by atoms with Crippen LogP contribution in [-0.4, -0.2) is 66.2 Å². The fourth-order valence-electron chi connectivity index (χ4n) is 4.40. The van der Waals surface area contributed by atoms with E-state index < -0.39 is 36.2 Å². The second-order valence-electron chi connectivity index (χ2n) is 8.21. The SMILES string of the molecule is O=C(NC1(C(=O)NC[C@H](O)C(=O)O)CCOCC1)OCC1c2ccccc2-c2ccccc21. The van der Waals surface area contributed by atoms with E-state index in [1.54, 1.807) is 0 Å². The maximum atomic E-state index is 12.8. The molecule has 9 nitrogen and oxygen atoms in total. The van der Waals surface area contributed by atoms with Gasteiger partial charge in [0.25, 0.3) is 0 Å². The Bertz CT molecular complexity index is 1000. The molecule has 2 aromatic rings. The summed E-state index contributed by atoms with van der Waals surface area (Å²) in [7, 11) is 0. The number of ether oxygens (including phenoxy) is 2. The van der Waals surface area contributed by atoms with Gasteiger partial charge >= 0.3 is 12.1 Å². The van der Waals surface area contributed by atoms with Gasteiger partial charge in [0.1, 0.15) is 12.1 Å². The number of aliphatic hydroxyl groups excluding tert-OH is 1. The molecule has 0 saturated carbocycles. The molecule has 33 heavy (non-hydrogen) atoms. The summed E-state index contributed by atoms with van der Waals surface area (Å²) in [6.45, 7) is 0.131. The highest BCUT2D eigenvalue weighted by molar-refractivity contribution is 5.90.